The minimum atomic E-state index is -3.29. The summed E-state index contributed by atoms with van der Waals surface area (Å²) in [5, 5.41) is 11.1. The molecule has 0 aliphatic carbocycles. The fraction of sp³-hybridized carbons (Fsp3) is 0.364. The van der Waals surface area contributed by atoms with Gasteiger partial charge in [0.1, 0.15) is 12.4 Å². The number of hydrogen-bond acceptors (Lipinski definition) is 5. The summed E-state index contributed by atoms with van der Waals surface area (Å²) in [6.45, 7) is 1.75. The van der Waals surface area contributed by atoms with Crippen molar-refractivity contribution in [3.8, 4) is 5.75 Å². The highest BCUT2D eigenvalue weighted by Crippen LogP contribution is 2.16. The molecule has 0 amide bonds. The Hall–Kier alpha value is -1.96. The van der Waals surface area contributed by atoms with Gasteiger partial charge >= 0.3 is 0 Å². The Morgan fingerprint density at radius 1 is 1.42 bits per heavy atom. The first-order valence-electron chi connectivity index (χ1n) is 5.66. The zero-order valence-corrected chi connectivity index (χ0v) is 11.4. The average molecular weight is 287 g/mol. The maximum absolute atomic E-state index is 11.5. The predicted molar refractivity (Wildman–Crippen MR) is 73.0 cm³/mol. The van der Waals surface area contributed by atoms with Crippen molar-refractivity contribution in [3.05, 3.63) is 24.3 Å². The highest BCUT2D eigenvalue weighted by atomic mass is 32.2. The number of nitrogens with zero attached hydrogens (tertiary/aromatic N) is 1. The van der Waals surface area contributed by atoms with Gasteiger partial charge in [0.2, 0.25) is 10.0 Å². The van der Waals surface area contributed by atoms with Crippen molar-refractivity contribution in [1.29, 1.82) is 0 Å². The van der Waals surface area contributed by atoms with Gasteiger partial charge in [0, 0.05) is 5.69 Å². The van der Waals surface area contributed by atoms with Crippen LogP contribution in [0.4, 0.5) is 5.69 Å². The van der Waals surface area contributed by atoms with E-state index in [0.29, 0.717) is 17.9 Å². The summed E-state index contributed by atoms with van der Waals surface area (Å²) < 4.78 is 30.7. The molecule has 7 nitrogen and oxygen atoms in total. The van der Waals surface area contributed by atoms with Crippen molar-refractivity contribution in [3.63, 3.8) is 0 Å². The van der Waals surface area contributed by atoms with Crippen molar-refractivity contribution in [2.75, 3.05) is 17.1 Å². The van der Waals surface area contributed by atoms with Gasteiger partial charge in [-0.1, -0.05) is 12.1 Å². The fourth-order valence-electron chi connectivity index (χ4n) is 1.30. The Kier molecular flexibility index (Phi) is 5.43. The molecular weight excluding hydrogens is 270 g/mol. The Labute approximate surface area is 112 Å². The molecule has 0 aromatic heterocycles. The van der Waals surface area contributed by atoms with Crippen LogP contribution in [0.3, 0.4) is 0 Å². The molecule has 1 aromatic rings. The minimum Gasteiger partial charge on any atom is -0.486 e. The third-order valence-electron chi connectivity index (χ3n) is 2.12. The molecular formula is C11H17N3O4S. The van der Waals surface area contributed by atoms with E-state index in [-0.39, 0.29) is 18.2 Å². The molecule has 1 aromatic carbocycles. The lowest BCUT2D eigenvalue weighted by Gasteiger charge is -2.08. The van der Waals surface area contributed by atoms with E-state index in [4.69, 9.17) is 15.7 Å². The Bertz CT molecular complexity index is 525. The number of anilines is 1. The maximum Gasteiger partial charge on any atom is 0.232 e. The molecule has 106 valence electrons. The molecule has 0 unspecified atom stereocenters. The second-order valence-electron chi connectivity index (χ2n) is 3.83. The van der Waals surface area contributed by atoms with Gasteiger partial charge in [-0.15, -0.1) is 0 Å². The van der Waals surface area contributed by atoms with E-state index in [0.717, 1.165) is 0 Å². The number of oxime groups is 1. The second-order valence-corrected chi connectivity index (χ2v) is 5.67. The number of nitrogens with two attached hydrogens (primary N) is 1. The van der Waals surface area contributed by atoms with E-state index in [1.807, 2.05) is 0 Å². The molecule has 1 rings (SSSR count). The van der Waals surface area contributed by atoms with E-state index in [9.17, 15) is 8.42 Å². The molecule has 0 fully saturated rings. The Morgan fingerprint density at radius 3 is 2.58 bits per heavy atom. The van der Waals surface area contributed by atoms with E-state index in [1.54, 1.807) is 31.2 Å². The lowest BCUT2D eigenvalue weighted by molar-refractivity contribution is 0.306. The fourth-order valence-corrected chi connectivity index (χ4v) is 2.44. The molecule has 0 saturated carbocycles. The summed E-state index contributed by atoms with van der Waals surface area (Å²) in [7, 11) is -3.29. The van der Waals surface area contributed by atoms with Gasteiger partial charge in [0.25, 0.3) is 0 Å². The van der Waals surface area contributed by atoms with Crippen molar-refractivity contribution in [1.82, 2.24) is 0 Å². The van der Waals surface area contributed by atoms with Crippen LogP contribution in [0.15, 0.2) is 29.4 Å². The van der Waals surface area contributed by atoms with E-state index < -0.39 is 10.0 Å². The number of rotatable bonds is 7. The van der Waals surface area contributed by atoms with Gasteiger partial charge in [-0.3, -0.25) is 4.72 Å². The van der Waals surface area contributed by atoms with Crippen LogP contribution in [0.25, 0.3) is 0 Å². The number of nitrogens with one attached hydrogen (secondary N) is 1. The largest absolute Gasteiger partial charge is 0.486 e. The molecule has 19 heavy (non-hydrogen) atoms. The SMILES string of the molecule is CCCS(=O)(=O)Nc1ccc(OC/C(N)=N/O)cc1. The van der Waals surface area contributed by atoms with Crippen LogP contribution in [0.5, 0.6) is 5.75 Å². The molecule has 4 N–H and O–H groups in total. The van der Waals surface area contributed by atoms with E-state index in [1.165, 1.54) is 0 Å². The van der Waals surface area contributed by atoms with Gasteiger partial charge in [-0.05, 0) is 30.7 Å². The maximum atomic E-state index is 11.5. The Morgan fingerprint density at radius 2 is 2.05 bits per heavy atom. The van der Waals surface area contributed by atoms with Crippen molar-refractivity contribution in [2.45, 2.75) is 13.3 Å². The third-order valence-corrected chi connectivity index (χ3v) is 3.61. The molecule has 8 heteroatoms. The van der Waals surface area contributed by atoms with Crippen molar-refractivity contribution < 1.29 is 18.4 Å². The van der Waals surface area contributed by atoms with Gasteiger partial charge in [-0.2, -0.15) is 0 Å². The normalized spacial score (nSPS) is 12.2. The molecule has 0 aliphatic heterocycles. The molecule has 0 aliphatic rings. The van der Waals surface area contributed by atoms with E-state index >= 15 is 0 Å². The van der Waals surface area contributed by atoms with Crippen LogP contribution >= 0.6 is 0 Å². The number of hydrogen-bond donors (Lipinski definition) is 3. The Balaban J connectivity index is 2.62. The zero-order valence-electron chi connectivity index (χ0n) is 10.5. The quantitative estimate of drug-likeness (QED) is 0.299. The monoisotopic (exact) mass is 287 g/mol. The first-order valence-corrected chi connectivity index (χ1v) is 7.32. The van der Waals surface area contributed by atoms with E-state index in [2.05, 4.69) is 9.88 Å². The molecule has 0 heterocycles. The average Bonchev–Trinajstić information content (AvgIpc) is 2.37. The molecule has 0 radical (unpaired) electrons. The summed E-state index contributed by atoms with van der Waals surface area (Å²) in [6.07, 6.45) is 0.552. The zero-order chi connectivity index (χ0) is 14.3. The summed E-state index contributed by atoms with van der Waals surface area (Å²) in [4.78, 5) is 0. The number of sulfonamides is 1. The highest BCUT2D eigenvalue weighted by molar-refractivity contribution is 7.92. The van der Waals surface area contributed by atoms with Crippen LogP contribution in [-0.2, 0) is 10.0 Å². The minimum absolute atomic E-state index is 0.0442. The summed E-state index contributed by atoms with van der Waals surface area (Å²) >= 11 is 0. The number of ether oxygens (including phenoxy) is 1. The molecule has 0 saturated heterocycles. The highest BCUT2D eigenvalue weighted by Gasteiger charge is 2.08. The number of amidine groups is 1. The van der Waals surface area contributed by atoms with Gasteiger partial charge in [0.05, 0.1) is 5.75 Å². The topological polar surface area (TPSA) is 114 Å². The van der Waals surface area contributed by atoms with Gasteiger partial charge < -0.3 is 15.7 Å². The van der Waals surface area contributed by atoms with Gasteiger partial charge in [0.15, 0.2) is 5.84 Å². The summed E-state index contributed by atoms with van der Waals surface area (Å²) in [5.41, 5.74) is 5.71. The lowest BCUT2D eigenvalue weighted by Crippen LogP contribution is -2.20. The molecule has 0 spiro atoms. The number of benzene rings is 1. The van der Waals surface area contributed by atoms with Crippen LogP contribution in [0, 0.1) is 0 Å². The summed E-state index contributed by atoms with van der Waals surface area (Å²) in [6, 6.07) is 6.34. The standard InChI is InChI=1S/C11H17N3O4S/c1-2-7-19(16,17)14-9-3-5-10(6-4-9)18-8-11(12)13-15/h3-6,14-15H,2,7-8H2,1H3,(H2,12,13). The molecule has 0 atom stereocenters. The van der Waals surface area contributed by atoms with Crippen molar-refractivity contribution in [2.24, 2.45) is 10.9 Å². The van der Waals surface area contributed by atoms with Crippen molar-refractivity contribution >= 4 is 21.5 Å². The first kappa shape index (κ1) is 15.1. The van der Waals surface area contributed by atoms with Crippen LogP contribution in [0.2, 0.25) is 0 Å². The lowest BCUT2D eigenvalue weighted by atomic mass is 10.3. The van der Waals surface area contributed by atoms with Crippen LogP contribution in [-0.4, -0.2) is 31.8 Å². The predicted octanol–water partition coefficient (Wildman–Crippen LogP) is 0.963. The summed E-state index contributed by atoms with van der Waals surface area (Å²) in [5.74, 6) is 0.520. The van der Waals surface area contributed by atoms with Crippen LogP contribution < -0.4 is 15.2 Å². The van der Waals surface area contributed by atoms with Gasteiger partial charge in [-0.25, -0.2) is 8.42 Å². The first-order chi connectivity index (χ1) is 8.96. The van der Waals surface area contributed by atoms with Crippen LogP contribution in [0.1, 0.15) is 13.3 Å². The second kappa shape index (κ2) is 6.83. The molecule has 0 bridgehead atoms. The third kappa shape index (κ3) is 5.47. The smallest absolute Gasteiger partial charge is 0.232 e.